The van der Waals surface area contributed by atoms with Gasteiger partial charge in [0.25, 0.3) is 0 Å². The Morgan fingerprint density at radius 3 is 2.74 bits per heavy atom. The van der Waals surface area contributed by atoms with Crippen LogP contribution in [-0.2, 0) is 4.79 Å². The van der Waals surface area contributed by atoms with E-state index in [0.717, 1.165) is 31.0 Å². The number of nitrogens with zero attached hydrogens (tertiary/aromatic N) is 2. The van der Waals surface area contributed by atoms with Gasteiger partial charge in [-0.15, -0.1) is 0 Å². The molecule has 1 aromatic heterocycles. The Morgan fingerprint density at radius 2 is 1.96 bits per heavy atom. The summed E-state index contributed by atoms with van der Waals surface area (Å²) in [6.45, 7) is 0.808. The number of nitrogens with one attached hydrogen (secondary N) is 1. The predicted octanol–water partition coefficient (Wildman–Crippen LogP) is 3.65. The van der Waals surface area contributed by atoms with Crippen molar-refractivity contribution in [2.75, 3.05) is 6.54 Å². The van der Waals surface area contributed by atoms with Crippen LogP contribution in [-0.4, -0.2) is 27.3 Å². The number of rotatable bonds is 4. The third-order valence-corrected chi connectivity index (χ3v) is 5.72. The first-order chi connectivity index (χ1) is 11.3. The molecule has 2 aliphatic rings. The topological polar surface area (TPSA) is 46.9 Å². The van der Waals surface area contributed by atoms with E-state index < -0.39 is 0 Å². The lowest BCUT2D eigenvalue weighted by atomic mass is 10.2. The fraction of sp³-hybridized carbons (Fsp3) is 0.444. The summed E-state index contributed by atoms with van der Waals surface area (Å²) in [5, 5.41) is 4.00. The molecule has 120 valence electrons. The quantitative estimate of drug-likeness (QED) is 0.932. The van der Waals surface area contributed by atoms with E-state index in [9.17, 15) is 4.79 Å². The number of imidazole rings is 1. The summed E-state index contributed by atoms with van der Waals surface area (Å²) in [4.78, 5) is 16.9. The van der Waals surface area contributed by atoms with Gasteiger partial charge in [-0.2, -0.15) is 0 Å². The minimum Gasteiger partial charge on any atom is -0.355 e. The molecule has 5 heteroatoms. The third-order valence-electron chi connectivity index (χ3n) is 4.48. The van der Waals surface area contributed by atoms with Gasteiger partial charge in [0.1, 0.15) is 0 Å². The maximum atomic E-state index is 12.2. The normalized spacial score (nSPS) is 21.7. The minimum atomic E-state index is -0.0129. The Morgan fingerprint density at radius 1 is 1.13 bits per heavy atom. The number of carbonyl (C=O) groups is 1. The fourth-order valence-electron chi connectivity index (χ4n) is 3.09. The van der Waals surface area contributed by atoms with Crippen molar-refractivity contribution in [3.8, 4) is 11.3 Å². The van der Waals surface area contributed by atoms with Gasteiger partial charge in [-0.05, 0) is 31.2 Å². The van der Waals surface area contributed by atoms with Crippen LogP contribution in [0.5, 0.6) is 0 Å². The third kappa shape index (κ3) is 3.15. The van der Waals surface area contributed by atoms with E-state index in [1.807, 2.05) is 12.3 Å². The molecular formula is C18H21N3OS. The lowest BCUT2D eigenvalue weighted by Gasteiger charge is -2.15. The molecule has 2 fully saturated rings. The lowest BCUT2D eigenvalue weighted by Crippen LogP contribution is -2.30. The summed E-state index contributed by atoms with van der Waals surface area (Å²) in [6.07, 6.45) is 7.50. The van der Waals surface area contributed by atoms with Gasteiger partial charge in [0.2, 0.25) is 5.91 Å². The van der Waals surface area contributed by atoms with Crippen molar-refractivity contribution in [2.24, 2.45) is 0 Å². The van der Waals surface area contributed by atoms with Crippen LogP contribution in [0.15, 0.2) is 41.7 Å². The van der Waals surface area contributed by atoms with Crippen LogP contribution in [0.25, 0.3) is 11.3 Å². The average molecular weight is 327 g/mol. The molecule has 0 unspecified atom stereocenters. The van der Waals surface area contributed by atoms with Crippen molar-refractivity contribution < 1.29 is 4.79 Å². The van der Waals surface area contributed by atoms with E-state index in [1.165, 1.54) is 24.1 Å². The van der Waals surface area contributed by atoms with E-state index in [0.29, 0.717) is 6.04 Å². The Balaban J connectivity index is 1.64. The Hall–Kier alpha value is -1.75. The molecular weight excluding hydrogens is 306 g/mol. The predicted molar refractivity (Wildman–Crippen MR) is 92.4 cm³/mol. The Labute approximate surface area is 140 Å². The molecule has 2 aromatic rings. The van der Waals surface area contributed by atoms with Gasteiger partial charge in [0, 0.05) is 12.6 Å². The van der Waals surface area contributed by atoms with E-state index in [-0.39, 0.29) is 11.2 Å². The number of aromatic nitrogens is 2. The van der Waals surface area contributed by atoms with Crippen LogP contribution >= 0.6 is 11.8 Å². The molecule has 1 aliphatic heterocycles. The summed E-state index contributed by atoms with van der Waals surface area (Å²) in [5.41, 5.74) is 2.37. The highest BCUT2D eigenvalue weighted by molar-refractivity contribution is 8.00. The second-order valence-electron chi connectivity index (χ2n) is 6.29. The second kappa shape index (κ2) is 6.40. The van der Waals surface area contributed by atoms with Gasteiger partial charge in [-0.3, -0.25) is 4.79 Å². The van der Waals surface area contributed by atoms with E-state index in [4.69, 9.17) is 0 Å². The van der Waals surface area contributed by atoms with E-state index in [2.05, 4.69) is 39.1 Å². The molecule has 2 heterocycles. The zero-order chi connectivity index (χ0) is 15.6. The van der Waals surface area contributed by atoms with Crippen LogP contribution < -0.4 is 5.32 Å². The SMILES string of the molecule is O=C1NCCCC[C@@H]1Sc1ncc(-c2ccccc2)n1C1CC1. The summed E-state index contributed by atoms with van der Waals surface area (Å²) < 4.78 is 2.35. The number of hydrogen-bond donors (Lipinski definition) is 1. The zero-order valence-electron chi connectivity index (χ0n) is 13.1. The minimum absolute atomic E-state index is 0.0129. The molecule has 1 N–H and O–H groups in total. The highest BCUT2D eigenvalue weighted by atomic mass is 32.2. The van der Waals surface area contributed by atoms with Crippen molar-refractivity contribution >= 4 is 17.7 Å². The summed E-state index contributed by atoms with van der Waals surface area (Å²) >= 11 is 1.64. The van der Waals surface area contributed by atoms with E-state index >= 15 is 0 Å². The molecule has 1 saturated heterocycles. The molecule has 4 rings (SSSR count). The second-order valence-corrected chi connectivity index (χ2v) is 7.46. The summed E-state index contributed by atoms with van der Waals surface area (Å²) in [5.74, 6) is 0.166. The van der Waals surface area contributed by atoms with E-state index in [1.54, 1.807) is 11.8 Å². The maximum Gasteiger partial charge on any atom is 0.233 e. The first-order valence-electron chi connectivity index (χ1n) is 8.40. The number of hydrogen-bond acceptors (Lipinski definition) is 3. The number of benzene rings is 1. The summed E-state index contributed by atoms with van der Waals surface area (Å²) in [7, 11) is 0. The molecule has 1 atom stereocenters. The van der Waals surface area contributed by atoms with Gasteiger partial charge in [0.05, 0.1) is 17.1 Å². The first kappa shape index (κ1) is 14.8. The number of carbonyl (C=O) groups excluding carboxylic acids is 1. The van der Waals surface area contributed by atoms with Gasteiger partial charge >= 0.3 is 0 Å². The Bertz CT molecular complexity index is 694. The van der Waals surface area contributed by atoms with Crippen molar-refractivity contribution in [1.82, 2.24) is 14.9 Å². The van der Waals surface area contributed by atoms with Crippen molar-refractivity contribution in [2.45, 2.75) is 48.6 Å². The molecule has 1 aliphatic carbocycles. The molecule has 4 nitrogen and oxygen atoms in total. The molecule has 23 heavy (non-hydrogen) atoms. The lowest BCUT2D eigenvalue weighted by molar-refractivity contribution is -0.120. The standard InChI is InChI=1S/C18H21N3OS/c22-17-16(8-4-5-11-19-17)23-18-20-12-15(21(18)14-9-10-14)13-6-2-1-3-7-13/h1-3,6-7,12,14,16H,4-5,8-11H2,(H,19,22)/t16-/m0/s1. The molecule has 1 saturated carbocycles. The van der Waals surface area contributed by atoms with Gasteiger partial charge in [-0.25, -0.2) is 4.98 Å². The Kier molecular flexibility index (Phi) is 4.12. The maximum absolute atomic E-state index is 12.2. The van der Waals surface area contributed by atoms with Crippen LogP contribution in [0.2, 0.25) is 0 Å². The first-order valence-corrected chi connectivity index (χ1v) is 9.28. The molecule has 1 aromatic carbocycles. The molecule has 0 spiro atoms. The van der Waals surface area contributed by atoms with Crippen LogP contribution in [0.1, 0.15) is 38.1 Å². The fourth-order valence-corrected chi connectivity index (χ4v) is 4.29. The highest BCUT2D eigenvalue weighted by Gasteiger charge is 2.31. The molecule has 0 bridgehead atoms. The van der Waals surface area contributed by atoms with Crippen LogP contribution in [0.3, 0.4) is 0 Å². The summed E-state index contributed by atoms with van der Waals surface area (Å²) in [6, 6.07) is 11.0. The van der Waals surface area contributed by atoms with Crippen molar-refractivity contribution in [3.63, 3.8) is 0 Å². The van der Waals surface area contributed by atoms with Gasteiger partial charge in [-0.1, -0.05) is 48.5 Å². The molecule has 0 radical (unpaired) electrons. The van der Waals surface area contributed by atoms with Crippen molar-refractivity contribution in [3.05, 3.63) is 36.5 Å². The zero-order valence-corrected chi connectivity index (χ0v) is 13.9. The largest absolute Gasteiger partial charge is 0.355 e. The van der Waals surface area contributed by atoms with Crippen LogP contribution in [0, 0.1) is 0 Å². The average Bonchev–Trinajstić information content (AvgIpc) is 3.36. The van der Waals surface area contributed by atoms with Crippen molar-refractivity contribution in [1.29, 1.82) is 0 Å². The highest BCUT2D eigenvalue weighted by Crippen LogP contribution is 2.43. The number of amides is 1. The number of thioether (sulfide) groups is 1. The van der Waals surface area contributed by atoms with Gasteiger partial charge < -0.3 is 9.88 Å². The monoisotopic (exact) mass is 327 g/mol. The smallest absolute Gasteiger partial charge is 0.233 e. The molecule has 1 amide bonds. The van der Waals surface area contributed by atoms with Gasteiger partial charge in [0.15, 0.2) is 5.16 Å². The van der Waals surface area contributed by atoms with Crippen LogP contribution in [0.4, 0.5) is 0 Å².